The topological polar surface area (TPSA) is 156 Å². The van der Waals surface area contributed by atoms with E-state index >= 15 is 0 Å². The van der Waals surface area contributed by atoms with Crippen LogP contribution in [0.5, 0.6) is 0 Å². The number of benzene rings is 3. The fourth-order valence-electron chi connectivity index (χ4n) is 5.46. The second kappa shape index (κ2) is 16.9. The maximum absolute atomic E-state index is 13.2. The van der Waals surface area contributed by atoms with Crippen LogP contribution in [0.2, 0.25) is 0 Å². The van der Waals surface area contributed by atoms with Crippen LogP contribution in [-0.4, -0.2) is 71.5 Å². The van der Waals surface area contributed by atoms with Gasteiger partial charge in [0, 0.05) is 19.6 Å². The minimum Gasteiger partial charge on any atom is -0.459 e. The van der Waals surface area contributed by atoms with Gasteiger partial charge in [-0.25, -0.2) is 24.1 Å². The molecule has 0 bridgehead atoms. The molecule has 0 aliphatic carbocycles. The molecule has 0 spiro atoms. The lowest BCUT2D eigenvalue weighted by Crippen LogP contribution is -2.70. The van der Waals surface area contributed by atoms with Crippen molar-refractivity contribution in [3.05, 3.63) is 108 Å². The molecule has 2 aliphatic rings. The minimum atomic E-state index is -1.07. The summed E-state index contributed by atoms with van der Waals surface area (Å²) in [6, 6.07) is 25.7. The summed E-state index contributed by atoms with van der Waals surface area (Å²) in [6.45, 7) is 3.08. The Bertz CT molecular complexity index is 1570. The number of hydrogen-bond acceptors (Lipinski definition) is 9. The molecular formula is C36H39N5O8. The summed E-state index contributed by atoms with van der Waals surface area (Å²) in [6.07, 6.45) is -1.21. The molecule has 5 amide bonds. The first-order valence-electron chi connectivity index (χ1n) is 16.1. The number of rotatable bonds is 11. The first-order chi connectivity index (χ1) is 23.8. The monoisotopic (exact) mass is 669 g/mol. The Morgan fingerprint density at radius 3 is 1.67 bits per heavy atom. The molecule has 2 atom stereocenters. The smallest absolute Gasteiger partial charge is 0.414 e. The van der Waals surface area contributed by atoms with E-state index in [-0.39, 0.29) is 45.2 Å². The van der Waals surface area contributed by atoms with Crippen LogP contribution in [0.15, 0.2) is 96.0 Å². The van der Waals surface area contributed by atoms with Gasteiger partial charge in [-0.3, -0.25) is 20.4 Å². The van der Waals surface area contributed by atoms with Gasteiger partial charge in [0.2, 0.25) is 11.9 Å². The van der Waals surface area contributed by atoms with E-state index in [9.17, 15) is 24.0 Å². The van der Waals surface area contributed by atoms with Crippen molar-refractivity contribution < 1.29 is 38.2 Å². The van der Waals surface area contributed by atoms with E-state index in [1.807, 2.05) is 73.7 Å². The summed E-state index contributed by atoms with van der Waals surface area (Å²) in [7, 11) is 0. The number of likely N-dealkylation sites (tertiary alicyclic amines) is 2. The zero-order chi connectivity index (χ0) is 34.6. The zero-order valence-corrected chi connectivity index (χ0v) is 27.2. The normalized spacial score (nSPS) is 16.8. The van der Waals surface area contributed by atoms with Crippen LogP contribution in [-0.2, 0) is 43.6 Å². The number of hydrogen-bond donors (Lipinski definition) is 2. The lowest BCUT2D eigenvalue weighted by atomic mass is 9.83. The van der Waals surface area contributed by atoms with Crippen LogP contribution in [0.4, 0.5) is 14.4 Å². The van der Waals surface area contributed by atoms with Crippen LogP contribution in [0.1, 0.15) is 36.5 Å². The molecule has 49 heavy (non-hydrogen) atoms. The summed E-state index contributed by atoms with van der Waals surface area (Å²) in [5.41, 5.74) is 2.31. The predicted octanol–water partition coefficient (Wildman–Crippen LogP) is 4.62. The molecular weight excluding hydrogens is 630 g/mol. The Hall–Kier alpha value is -5.72. The van der Waals surface area contributed by atoms with Crippen LogP contribution in [0.25, 0.3) is 0 Å². The van der Waals surface area contributed by atoms with Gasteiger partial charge in [-0.15, -0.1) is 0 Å². The highest BCUT2D eigenvalue weighted by Gasteiger charge is 2.56. The molecule has 2 fully saturated rings. The third-order valence-electron chi connectivity index (χ3n) is 8.03. The molecule has 5 rings (SSSR count). The lowest BCUT2D eigenvalue weighted by Gasteiger charge is -2.48. The number of amides is 5. The number of ether oxygens (including phenoxy) is 3. The molecule has 2 unspecified atom stereocenters. The highest BCUT2D eigenvalue weighted by Crippen LogP contribution is 2.34. The van der Waals surface area contributed by atoms with E-state index in [2.05, 4.69) is 15.6 Å². The molecule has 3 aromatic carbocycles. The zero-order valence-electron chi connectivity index (χ0n) is 27.2. The molecule has 256 valence electrons. The van der Waals surface area contributed by atoms with Crippen molar-refractivity contribution in [3.63, 3.8) is 0 Å². The van der Waals surface area contributed by atoms with E-state index in [0.29, 0.717) is 19.0 Å². The largest absolute Gasteiger partial charge is 0.459 e. The van der Waals surface area contributed by atoms with E-state index in [4.69, 9.17) is 14.2 Å². The maximum atomic E-state index is 13.2. The molecule has 13 nitrogen and oxygen atoms in total. The number of nitrogens with zero attached hydrogens (tertiary/aromatic N) is 3. The summed E-state index contributed by atoms with van der Waals surface area (Å²) < 4.78 is 16.1. The van der Waals surface area contributed by atoms with Gasteiger partial charge < -0.3 is 19.1 Å². The van der Waals surface area contributed by atoms with Crippen LogP contribution >= 0.6 is 0 Å². The van der Waals surface area contributed by atoms with Crippen molar-refractivity contribution in [2.45, 2.75) is 45.6 Å². The summed E-state index contributed by atoms with van der Waals surface area (Å²) >= 11 is 0. The Morgan fingerprint density at radius 2 is 1.20 bits per heavy atom. The first-order valence-corrected chi connectivity index (χ1v) is 16.1. The number of imide groups is 1. The number of β-lactam (4-membered cyclic amide) rings is 1. The Morgan fingerprint density at radius 1 is 0.735 bits per heavy atom. The molecule has 3 aromatic rings. The van der Waals surface area contributed by atoms with Gasteiger partial charge in [0.15, 0.2) is 6.04 Å². The molecule has 0 aromatic heterocycles. The third-order valence-corrected chi connectivity index (χ3v) is 8.03. The Kier molecular flexibility index (Phi) is 11.9. The van der Waals surface area contributed by atoms with Gasteiger partial charge in [0.25, 0.3) is 0 Å². The number of urea groups is 1. The average molecular weight is 670 g/mol. The van der Waals surface area contributed by atoms with Crippen molar-refractivity contribution in [1.82, 2.24) is 20.4 Å². The second-order valence-electron chi connectivity index (χ2n) is 11.9. The number of guanidine groups is 1. The predicted molar refractivity (Wildman–Crippen MR) is 178 cm³/mol. The van der Waals surface area contributed by atoms with E-state index in [1.165, 1.54) is 4.90 Å². The van der Waals surface area contributed by atoms with Gasteiger partial charge in [-0.1, -0.05) is 97.9 Å². The minimum absolute atomic E-state index is 0.00444. The highest BCUT2D eigenvalue weighted by molar-refractivity contribution is 6.08. The Labute approximate surface area is 284 Å². The molecule has 0 saturated carbocycles. The lowest BCUT2D eigenvalue weighted by molar-refractivity contribution is -0.172. The molecule has 2 aliphatic heterocycles. The fraction of sp³-hybridized carbons (Fsp3) is 0.333. The number of nitrogens with one attached hydrogen (secondary N) is 2. The molecule has 2 heterocycles. The number of aliphatic imine (C=N–C) groups is 1. The van der Waals surface area contributed by atoms with E-state index < -0.39 is 42.1 Å². The van der Waals surface area contributed by atoms with Gasteiger partial charge in [0.05, 0.1) is 5.92 Å². The maximum Gasteiger partial charge on any atom is 0.414 e. The van der Waals surface area contributed by atoms with E-state index in [1.54, 1.807) is 24.3 Å². The molecule has 2 saturated heterocycles. The van der Waals surface area contributed by atoms with Crippen molar-refractivity contribution >= 4 is 36.1 Å². The summed E-state index contributed by atoms with van der Waals surface area (Å²) in [5, 5.41) is 4.86. The molecule has 0 radical (unpaired) electrons. The van der Waals surface area contributed by atoms with Gasteiger partial charge >= 0.3 is 24.2 Å². The SMILES string of the molecule is CC1CN(C(=O)N2C(=O)C(CCCN=C(NC(=O)OCc3ccccc3)NC(=O)OCc3ccccc3)C2C(=O)OCc2ccccc2)C1. The number of esters is 1. The summed E-state index contributed by atoms with van der Waals surface area (Å²) in [4.78, 5) is 71.5. The number of carbonyl (C=O) groups is 5. The fourth-order valence-corrected chi connectivity index (χ4v) is 5.46. The van der Waals surface area contributed by atoms with Crippen molar-refractivity contribution in [2.75, 3.05) is 19.6 Å². The standard InChI is InChI=1S/C36H39N5O8/c1-25-20-40(21-25)36(46)41-30(32(43)47-22-26-12-5-2-6-13-26)29(31(41)42)18-11-19-37-33(38-34(44)48-23-27-14-7-3-8-15-27)39-35(45)49-24-28-16-9-4-10-17-28/h2-10,12-17,25,29-30H,11,18-24H2,1H3,(H2,37,38,39,44,45). The van der Waals surface area contributed by atoms with Crippen molar-refractivity contribution in [3.8, 4) is 0 Å². The highest BCUT2D eigenvalue weighted by atomic mass is 16.6. The average Bonchev–Trinajstić information content (AvgIpc) is 3.10. The third kappa shape index (κ3) is 9.66. The molecule has 13 heteroatoms. The second-order valence-corrected chi connectivity index (χ2v) is 11.9. The van der Waals surface area contributed by atoms with Crippen molar-refractivity contribution in [1.29, 1.82) is 0 Å². The van der Waals surface area contributed by atoms with Crippen LogP contribution < -0.4 is 10.6 Å². The first kappa shape index (κ1) is 34.6. The quantitative estimate of drug-likeness (QED) is 0.0749. The van der Waals surface area contributed by atoms with Crippen molar-refractivity contribution in [2.24, 2.45) is 16.8 Å². The van der Waals surface area contributed by atoms with Crippen LogP contribution in [0.3, 0.4) is 0 Å². The van der Waals surface area contributed by atoms with Gasteiger partial charge in [-0.2, -0.15) is 0 Å². The number of alkyl carbamates (subject to hydrolysis) is 2. The van der Waals surface area contributed by atoms with Crippen LogP contribution in [0, 0.1) is 11.8 Å². The van der Waals surface area contributed by atoms with Gasteiger partial charge in [-0.05, 0) is 35.4 Å². The molecule has 2 N–H and O–H groups in total. The van der Waals surface area contributed by atoms with Gasteiger partial charge in [0.1, 0.15) is 19.8 Å². The Balaban J connectivity index is 1.20. The van der Waals surface area contributed by atoms with E-state index in [0.717, 1.165) is 21.6 Å². The summed E-state index contributed by atoms with van der Waals surface area (Å²) in [5.74, 6) is -1.80. The number of carbonyl (C=O) groups excluding carboxylic acids is 5.